The first-order valence-electron chi connectivity index (χ1n) is 9.08. The number of hydrogen-bond donors (Lipinski definition) is 1. The number of rotatable bonds is 6. The Morgan fingerprint density at radius 3 is 2.54 bits per heavy atom. The summed E-state index contributed by atoms with van der Waals surface area (Å²) in [5, 5.41) is 9.28. The molecule has 0 aliphatic carbocycles. The molecule has 1 aliphatic rings. The fourth-order valence-electron chi connectivity index (χ4n) is 3.56. The van der Waals surface area contributed by atoms with Crippen molar-refractivity contribution in [3.8, 4) is 23.0 Å². The molecule has 26 heavy (non-hydrogen) atoms. The van der Waals surface area contributed by atoms with Gasteiger partial charge in [0.05, 0.1) is 25.5 Å². The van der Waals surface area contributed by atoms with Crippen molar-refractivity contribution in [3.05, 3.63) is 29.2 Å². The van der Waals surface area contributed by atoms with Crippen LogP contribution in [0.1, 0.15) is 29.9 Å². The maximum atomic E-state index is 9.28. The lowest BCUT2D eigenvalue weighted by Gasteiger charge is -2.30. The Kier molecular flexibility index (Phi) is 5.84. The molecule has 2 aromatic rings. The van der Waals surface area contributed by atoms with Crippen LogP contribution in [0.3, 0.4) is 0 Å². The summed E-state index contributed by atoms with van der Waals surface area (Å²) in [7, 11) is 3.29. The number of methoxy groups -OCH3 is 2. The zero-order valence-corrected chi connectivity index (χ0v) is 16.0. The highest BCUT2D eigenvalue weighted by molar-refractivity contribution is 5.68. The van der Waals surface area contributed by atoms with Crippen LogP contribution in [0.5, 0.6) is 11.5 Å². The van der Waals surface area contributed by atoms with Gasteiger partial charge in [0, 0.05) is 18.7 Å². The Labute approximate surface area is 154 Å². The lowest BCUT2D eigenvalue weighted by Crippen LogP contribution is -2.34. The molecule has 0 bridgehead atoms. The van der Waals surface area contributed by atoms with Gasteiger partial charge in [0.15, 0.2) is 0 Å². The Bertz CT molecular complexity index is 749. The van der Waals surface area contributed by atoms with Gasteiger partial charge in [-0.3, -0.25) is 4.90 Å². The number of hydrogen-bond acceptors (Lipinski definition) is 6. The quantitative estimate of drug-likeness (QED) is 0.853. The maximum absolute atomic E-state index is 9.28. The molecule has 0 unspecified atom stereocenters. The first-order chi connectivity index (χ1) is 12.6. The largest absolute Gasteiger partial charge is 0.496 e. The van der Waals surface area contributed by atoms with E-state index in [0.717, 1.165) is 66.6 Å². The van der Waals surface area contributed by atoms with Crippen LogP contribution in [-0.4, -0.2) is 48.9 Å². The van der Waals surface area contributed by atoms with Crippen LogP contribution in [-0.2, 0) is 6.54 Å². The van der Waals surface area contributed by atoms with Gasteiger partial charge in [-0.25, -0.2) is 4.98 Å². The third-order valence-corrected chi connectivity index (χ3v) is 5.24. The van der Waals surface area contributed by atoms with Gasteiger partial charge in [-0.1, -0.05) is 0 Å². The van der Waals surface area contributed by atoms with Gasteiger partial charge in [-0.15, -0.1) is 0 Å². The standard InChI is InChI=1S/C20H28N2O4/c1-13-18(24-3)6-5-16(19(13)25-4)20-21-17(14(2)26-20)11-22-9-7-15(12-23)8-10-22/h5-6,15,23H,7-12H2,1-4H3. The Morgan fingerprint density at radius 1 is 1.19 bits per heavy atom. The molecule has 0 spiro atoms. The Hall–Kier alpha value is -2.05. The fraction of sp³-hybridized carbons (Fsp3) is 0.550. The van der Waals surface area contributed by atoms with Crippen LogP contribution in [0.2, 0.25) is 0 Å². The van der Waals surface area contributed by atoms with Crippen molar-refractivity contribution in [2.24, 2.45) is 5.92 Å². The number of aliphatic hydroxyl groups is 1. The number of piperidine rings is 1. The molecule has 0 radical (unpaired) electrons. The zero-order valence-electron chi connectivity index (χ0n) is 16.0. The smallest absolute Gasteiger partial charge is 0.230 e. The third-order valence-electron chi connectivity index (χ3n) is 5.24. The van der Waals surface area contributed by atoms with Crippen LogP contribution in [0, 0.1) is 19.8 Å². The summed E-state index contributed by atoms with van der Waals surface area (Å²) in [4.78, 5) is 7.11. The highest BCUT2D eigenvalue weighted by atomic mass is 16.5. The van der Waals surface area contributed by atoms with Gasteiger partial charge < -0.3 is 19.0 Å². The Balaban J connectivity index is 1.81. The fourth-order valence-corrected chi connectivity index (χ4v) is 3.56. The van der Waals surface area contributed by atoms with E-state index in [1.165, 1.54) is 0 Å². The second-order valence-corrected chi connectivity index (χ2v) is 6.90. The van der Waals surface area contributed by atoms with Crippen LogP contribution in [0.4, 0.5) is 0 Å². The van der Waals surface area contributed by atoms with Gasteiger partial charge in [-0.2, -0.15) is 0 Å². The normalized spacial score (nSPS) is 16.0. The predicted octanol–water partition coefficient (Wildman–Crippen LogP) is 3.18. The van der Waals surface area contributed by atoms with Crippen molar-refractivity contribution >= 4 is 0 Å². The van der Waals surface area contributed by atoms with E-state index in [0.29, 0.717) is 11.8 Å². The molecular weight excluding hydrogens is 332 g/mol. The van der Waals surface area contributed by atoms with E-state index in [2.05, 4.69) is 4.90 Å². The van der Waals surface area contributed by atoms with Crippen LogP contribution < -0.4 is 9.47 Å². The van der Waals surface area contributed by atoms with E-state index in [1.807, 2.05) is 26.0 Å². The first-order valence-corrected chi connectivity index (χ1v) is 9.08. The van der Waals surface area contributed by atoms with E-state index in [-0.39, 0.29) is 6.61 Å². The third kappa shape index (κ3) is 3.71. The molecule has 3 rings (SSSR count). The van der Waals surface area contributed by atoms with Crippen molar-refractivity contribution in [2.45, 2.75) is 33.2 Å². The van der Waals surface area contributed by atoms with E-state index in [1.54, 1.807) is 14.2 Å². The van der Waals surface area contributed by atoms with Gasteiger partial charge in [-0.05, 0) is 57.8 Å². The summed E-state index contributed by atoms with van der Waals surface area (Å²) in [5.41, 5.74) is 2.72. The molecule has 1 aromatic carbocycles. The summed E-state index contributed by atoms with van der Waals surface area (Å²) in [6, 6.07) is 3.83. The average Bonchev–Trinajstić information content (AvgIpc) is 3.02. The summed E-state index contributed by atoms with van der Waals surface area (Å²) in [5.74, 6) is 3.35. The van der Waals surface area contributed by atoms with Gasteiger partial charge >= 0.3 is 0 Å². The SMILES string of the molecule is COc1ccc(-c2nc(CN3CCC(CO)CC3)c(C)o2)c(OC)c1C. The second-order valence-electron chi connectivity index (χ2n) is 6.90. The lowest BCUT2D eigenvalue weighted by molar-refractivity contribution is 0.126. The van der Waals surface area contributed by atoms with Gasteiger partial charge in [0.25, 0.3) is 0 Å². The molecule has 0 saturated carbocycles. The number of aromatic nitrogens is 1. The van der Waals surface area contributed by atoms with E-state index < -0.39 is 0 Å². The van der Waals surface area contributed by atoms with Crippen molar-refractivity contribution < 1.29 is 19.0 Å². The first kappa shape index (κ1) is 18.7. The molecule has 6 heteroatoms. The lowest BCUT2D eigenvalue weighted by atomic mass is 9.98. The number of aryl methyl sites for hydroxylation is 1. The molecule has 1 saturated heterocycles. The van der Waals surface area contributed by atoms with Gasteiger partial charge in [0.1, 0.15) is 17.3 Å². The Morgan fingerprint density at radius 2 is 1.92 bits per heavy atom. The molecule has 0 amide bonds. The average molecular weight is 360 g/mol. The van der Waals surface area contributed by atoms with E-state index >= 15 is 0 Å². The van der Waals surface area contributed by atoms with Crippen LogP contribution >= 0.6 is 0 Å². The highest BCUT2D eigenvalue weighted by Crippen LogP contribution is 2.38. The minimum absolute atomic E-state index is 0.289. The van der Waals surface area contributed by atoms with E-state index in [9.17, 15) is 5.11 Å². The van der Waals surface area contributed by atoms with Crippen LogP contribution in [0.15, 0.2) is 16.5 Å². The minimum Gasteiger partial charge on any atom is -0.496 e. The topological polar surface area (TPSA) is 68.0 Å². The minimum atomic E-state index is 0.289. The number of likely N-dealkylation sites (tertiary alicyclic amines) is 1. The maximum Gasteiger partial charge on any atom is 0.230 e. The number of aliphatic hydroxyl groups excluding tert-OH is 1. The second kappa shape index (κ2) is 8.10. The van der Waals surface area contributed by atoms with Crippen molar-refractivity contribution in [2.75, 3.05) is 33.9 Å². The molecule has 142 valence electrons. The molecule has 0 atom stereocenters. The van der Waals surface area contributed by atoms with Gasteiger partial charge in [0.2, 0.25) is 5.89 Å². The summed E-state index contributed by atoms with van der Waals surface area (Å²) in [6.45, 7) is 6.94. The van der Waals surface area contributed by atoms with Crippen molar-refractivity contribution in [1.82, 2.24) is 9.88 Å². The highest BCUT2D eigenvalue weighted by Gasteiger charge is 2.22. The molecule has 1 aromatic heterocycles. The van der Waals surface area contributed by atoms with Crippen molar-refractivity contribution in [3.63, 3.8) is 0 Å². The molecule has 6 nitrogen and oxygen atoms in total. The number of oxazole rings is 1. The number of benzene rings is 1. The molecule has 1 aliphatic heterocycles. The number of nitrogens with zero attached hydrogens (tertiary/aromatic N) is 2. The zero-order chi connectivity index (χ0) is 18.7. The van der Waals surface area contributed by atoms with Crippen molar-refractivity contribution in [1.29, 1.82) is 0 Å². The molecule has 1 fully saturated rings. The van der Waals surface area contributed by atoms with E-state index in [4.69, 9.17) is 18.9 Å². The summed E-state index contributed by atoms with van der Waals surface area (Å²) in [6.07, 6.45) is 2.07. The summed E-state index contributed by atoms with van der Waals surface area (Å²) < 4.78 is 16.9. The summed E-state index contributed by atoms with van der Waals surface area (Å²) >= 11 is 0. The predicted molar refractivity (Wildman–Crippen MR) is 99.6 cm³/mol. The monoisotopic (exact) mass is 360 g/mol. The number of ether oxygens (including phenoxy) is 2. The molecule has 1 N–H and O–H groups in total. The van der Waals surface area contributed by atoms with Crippen LogP contribution in [0.25, 0.3) is 11.5 Å². The molecular formula is C20H28N2O4. The molecule has 2 heterocycles.